The lowest BCUT2D eigenvalue weighted by molar-refractivity contribution is 0.0468. The van der Waals surface area contributed by atoms with Gasteiger partial charge in [0.25, 0.3) is 0 Å². The monoisotopic (exact) mass is 373 g/mol. The summed E-state index contributed by atoms with van der Waals surface area (Å²) in [7, 11) is -3.69. The first-order valence-corrected chi connectivity index (χ1v) is 10.2. The van der Waals surface area contributed by atoms with Crippen LogP contribution in [0.25, 0.3) is 0 Å². The second-order valence-electron chi connectivity index (χ2n) is 6.52. The first-order chi connectivity index (χ1) is 12.5. The second kappa shape index (κ2) is 8.01. The van der Waals surface area contributed by atoms with Crippen LogP contribution in [0.15, 0.2) is 53.4 Å². The third-order valence-electron chi connectivity index (χ3n) is 4.53. The predicted molar refractivity (Wildman–Crippen MR) is 99.4 cm³/mol. The van der Waals surface area contributed by atoms with Gasteiger partial charge in [0.05, 0.1) is 10.5 Å². The van der Waals surface area contributed by atoms with Gasteiger partial charge < -0.3 is 4.74 Å². The van der Waals surface area contributed by atoms with E-state index in [2.05, 4.69) is 0 Å². The molecule has 0 saturated carbocycles. The molecule has 1 saturated heterocycles. The molecule has 0 N–H and O–H groups in total. The number of benzene rings is 2. The van der Waals surface area contributed by atoms with Gasteiger partial charge in [0, 0.05) is 13.1 Å². The summed E-state index contributed by atoms with van der Waals surface area (Å²) in [6.07, 6.45) is 2.73. The summed E-state index contributed by atoms with van der Waals surface area (Å²) in [6, 6.07) is 13.9. The predicted octanol–water partition coefficient (Wildman–Crippen LogP) is 3.53. The molecular weight excluding hydrogens is 350 g/mol. The van der Waals surface area contributed by atoms with Gasteiger partial charge in [-0.25, -0.2) is 13.2 Å². The van der Waals surface area contributed by atoms with Crippen molar-refractivity contribution in [3.8, 4) is 0 Å². The van der Waals surface area contributed by atoms with Crippen LogP contribution in [0.4, 0.5) is 0 Å². The van der Waals surface area contributed by atoms with Crippen LogP contribution in [0.2, 0.25) is 0 Å². The van der Waals surface area contributed by atoms with E-state index in [-0.39, 0.29) is 17.1 Å². The van der Waals surface area contributed by atoms with Gasteiger partial charge in [0.2, 0.25) is 10.0 Å². The Kier molecular flexibility index (Phi) is 5.74. The molecule has 0 radical (unpaired) electrons. The summed E-state index contributed by atoms with van der Waals surface area (Å²) >= 11 is 0. The Balaban J connectivity index is 1.79. The summed E-state index contributed by atoms with van der Waals surface area (Å²) < 4.78 is 32.7. The molecule has 2 aromatic carbocycles. The van der Waals surface area contributed by atoms with Crippen molar-refractivity contribution in [3.63, 3.8) is 0 Å². The largest absolute Gasteiger partial charge is 0.457 e. The maximum absolute atomic E-state index is 12.9. The molecule has 0 unspecified atom stereocenters. The van der Waals surface area contributed by atoms with E-state index in [0.717, 1.165) is 30.4 Å². The van der Waals surface area contributed by atoms with Gasteiger partial charge in [-0.1, -0.05) is 48.4 Å². The molecule has 1 heterocycles. The van der Waals surface area contributed by atoms with Crippen molar-refractivity contribution in [3.05, 3.63) is 65.2 Å². The zero-order valence-electron chi connectivity index (χ0n) is 14.8. The quantitative estimate of drug-likeness (QED) is 0.752. The first kappa shape index (κ1) is 18.6. The fourth-order valence-corrected chi connectivity index (χ4v) is 4.71. The molecule has 2 aromatic rings. The van der Waals surface area contributed by atoms with Crippen molar-refractivity contribution in [1.82, 2.24) is 4.31 Å². The maximum Gasteiger partial charge on any atom is 0.339 e. The molecule has 26 heavy (non-hydrogen) atoms. The minimum Gasteiger partial charge on any atom is -0.457 e. The Labute approximate surface area is 154 Å². The molecule has 3 rings (SSSR count). The Morgan fingerprint density at radius 2 is 1.65 bits per heavy atom. The number of ether oxygens (including phenoxy) is 1. The van der Waals surface area contributed by atoms with Gasteiger partial charge in [-0.3, -0.25) is 0 Å². The minimum atomic E-state index is -3.69. The highest BCUT2D eigenvalue weighted by molar-refractivity contribution is 7.89. The molecule has 5 nitrogen and oxygen atoms in total. The van der Waals surface area contributed by atoms with E-state index in [9.17, 15) is 13.2 Å². The molecule has 6 heteroatoms. The molecule has 138 valence electrons. The zero-order valence-corrected chi connectivity index (χ0v) is 15.7. The third kappa shape index (κ3) is 4.14. The topological polar surface area (TPSA) is 63.7 Å². The van der Waals surface area contributed by atoms with Gasteiger partial charge in [0.15, 0.2) is 0 Å². The van der Waals surface area contributed by atoms with E-state index < -0.39 is 16.0 Å². The van der Waals surface area contributed by atoms with Crippen LogP contribution >= 0.6 is 0 Å². The Morgan fingerprint density at radius 1 is 1.00 bits per heavy atom. The summed E-state index contributed by atoms with van der Waals surface area (Å²) in [5.41, 5.74) is 2.07. The highest BCUT2D eigenvalue weighted by atomic mass is 32.2. The molecule has 0 amide bonds. The Morgan fingerprint density at radius 3 is 2.35 bits per heavy atom. The summed E-state index contributed by atoms with van der Waals surface area (Å²) in [6.45, 7) is 3.08. The molecule has 0 spiro atoms. The minimum absolute atomic E-state index is 0.0239. The van der Waals surface area contributed by atoms with Gasteiger partial charge in [-0.2, -0.15) is 4.31 Å². The van der Waals surface area contributed by atoms with Crippen LogP contribution in [0.5, 0.6) is 0 Å². The van der Waals surface area contributed by atoms with Gasteiger partial charge in [-0.15, -0.1) is 0 Å². The highest BCUT2D eigenvalue weighted by Crippen LogP contribution is 2.24. The number of rotatable bonds is 5. The van der Waals surface area contributed by atoms with E-state index in [1.54, 1.807) is 12.1 Å². The standard InChI is InChI=1S/C20H23NO4S/c1-16-9-11-17(12-10-16)15-25-20(22)18-7-3-4-8-19(18)26(23,24)21-13-5-2-6-14-21/h3-4,7-12H,2,5-6,13-15H2,1H3. The van der Waals surface area contributed by atoms with E-state index in [0.29, 0.717) is 13.1 Å². The summed E-state index contributed by atoms with van der Waals surface area (Å²) in [4.78, 5) is 12.6. The van der Waals surface area contributed by atoms with E-state index in [1.165, 1.54) is 16.4 Å². The second-order valence-corrected chi connectivity index (χ2v) is 8.43. The van der Waals surface area contributed by atoms with Crippen LogP contribution in [0.3, 0.4) is 0 Å². The Bertz CT molecular complexity index is 869. The smallest absolute Gasteiger partial charge is 0.339 e. The van der Waals surface area contributed by atoms with Gasteiger partial charge in [0.1, 0.15) is 6.61 Å². The van der Waals surface area contributed by atoms with E-state index in [1.807, 2.05) is 31.2 Å². The number of piperidine rings is 1. The first-order valence-electron chi connectivity index (χ1n) is 8.80. The number of hydrogen-bond acceptors (Lipinski definition) is 4. The molecule has 1 aliphatic heterocycles. The lowest BCUT2D eigenvalue weighted by Gasteiger charge is -2.26. The lowest BCUT2D eigenvalue weighted by Crippen LogP contribution is -2.36. The van der Waals surface area contributed by atoms with Crippen LogP contribution < -0.4 is 0 Å². The lowest BCUT2D eigenvalue weighted by atomic mass is 10.2. The van der Waals surface area contributed by atoms with E-state index >= 15 is 0 Å². The number of aryl methyl sites for hydroxylation is 1. The van der Waals surface area contributed by atoms with Crippen LogP contribution in [0.1, 0.15) is 40.7 Å². The van der Waals surface area contributed by atoms with Crippen LogP contribution in [0, 0.1) is 6.92 Å². The molecule has 0 aromatic heterocycles. The molecule has 0 aliphatic carbocycles. The molecule has 1 aliphatic rings. The normalized spacial score (nSPS) is 15.6. The summed E-state index contributed by atoms with van der Waals surface area (Å²) in [5, 5.41) is 0. The highest BCUT2D eigenvalue weighted by Gasteiger charge is 2.30. The Hall–Kier alpha value is -2.18. The third-order valence-corrected chi connectivity index (χ3v) is 6.49. The number of sulfonamides is 1. The van der Waals surface area contributed by atoms with Crippen LogP contribution in [-0.4, -0.2) is 31.8 Å². The van der Waals surface area contributed by atoms with Crippen molar-refractivity contribution in [2.75, 3.05) is 13.1 Å². The van der Waals surface area contributed by atoms with Crippen molar-refractivity contribution >= 4 is 16.0 Å². The number of esters is 1. The number of hydrogen-bond donors (Lipinski definition) is 0. The van der Waals surface area contributed by atoms with E-state index in [4.69, 9.17) is 4.74 Å². The molecule has 0 bridgehead atoms. The molecule has 0 atom stereocenters. The number of nitrogens with zero attached hydrogens (tertiary/aromatic N) is 1. The van der Waals surface area contributed by atoms with Gasteiger partial charge >= 0.3 is 5.97 Å². The average molecular weight is 373 g/mol. The summed E-state index contributed by atoms with van der Waals surface area (Å²) in [5.74, 6) is -0.623. The van der Waals surface area contributed by atoms with Gasteiger partial charge in [-0.05, 0) is 37.5 Å². The molecule has 1 fully saturated rings. The number of carbonyl (C=O) groups excluding carboxylic acids is 1. The molecular formula is C20H23NO4S. The zero-order chi connectivity index (χ0) is 18.6. The van der Waals surface area contributed by atoms with Crippen molar-refractivity contribution in [1.29, 1.82) is 0 Å². The SMILES string of the molecule is Cc1ccc(COC(=O)c2ccccc2S(=O)(=O)N2CCCCC2)cc1. The fourth-order valence-electron chi connectivity index (χ4n) is 3.02. The van der Waals surface area contributed by atoms with Crippen molar-refractivity contribution < 1.29 is 17.9 Å². The average Bonchev–Trinajstić information content (AvgIpc) is 2.68. The number of carbonyl (C=O) groups is 1. The van der Waals surface area contributed by atoms with Crippen molar-refractivity contribution in [2.24, 2.45) is 0 Å². The van der Waals surface area contributed by atoms with Crippen molar-refractivity contribution in [2.45, 2.75) is 37.7 Å². The van der Waals surface area contributed by atoms with Crippen LogP contribution in [-0.2, 0) is 21.4 Å². The maximum atomic E-state index is 12.9. The fraction of sp³-hybridized carbons (Fsp3) is 0.350.